The minimum atomic E-state index is 0.539. The molecule has 0 saturated carbocycles. The van der Waals surface area contributed by atoms with Crippen LogP contribution in [0, 0.1) is 0 Å². The molecular weight excluding hydrogens is 224 g/mol. The fourth-order valence-electron chi connectivity index (χ4n) is 1.95. The highest BCUT2D eigenvalue weighted by Gasteiger charge is 2.07. The van der Waals surface area contributed by atoms with E-state index in [1.165, 1.54) is 11.1 Å². The van der Waals surface area contributed by atoms with Crippen LogP contribution in [0.3, 0.4) is 0 Å². The van der Waals surface area contributed by atoms with Gasteiger partial charge in [0.15, 0.2) is 0 Å². The Morgan fingerprint density at radius 3 is 2.72 bits per heavy atom. The number of nitrogens with zero attached hydrogens (tertiary/aromatic N) is 1. The lowest BCUT2D eigenvalue weighted by atomic mass is 10.0. The van der Waals surface area contributed by atoms with Crippen LogP contribution in [0.1, 0.15) is 18.1 Å². The highest BCUT2D eigenvalue weighted by molar-refractivity contribution is 5.54. The molecule has 1 aromatic carbocycles. The minimum Gasteiger partial charge on any atom is -0.473 e. The van der Waals surface area contributed by atoms with Crippen molar-refractivity contribution in [3.8, 4) is 5.88 Å². The van der Waals surface area contributed by atoms with E-state index in [4.69, 9.17) is 4.74 Å². The topological polar surface area (TPSA) is 34.1 Å². The normalized spacial score (nSPS) is 10.1. The second-order valence-corrected chi connectivity index (χ2v) is 4.00. The number of anilines is 1. The third kappa shape index (κ3) is 2.80. The second-order valence-electron chi connectivity index (χ2n) is 4.00. The van der Waals surface area contributed by atoms with Crippen molar-refractivity contribution in [3.63, 3.8) is 0 Å². The Kier molecular flexibility index (Phi) is 4.18. The molecule has 1 N–H and O–H groups in total. The smallest absolute Gasteiger partial charge is 0.213 e. The van der Waals surface area contributed by atoms with E-state index in [-0.39, 0.29) is 0 Å². The maximum absolute atomic E-state index is 5.73. The fraction of sp³-hybridized carbons (Fsp3) is 0.267. The van der Waals surface area contributed by atoms with Crippen LogP contribution >= 0.6 is 0 Å². The fourth-order valence-corrected chi connectivity index (χ4v) is 1.95. The van der Waals surface area contributed by atoms with Crippen molar-refractivity contribution < 1.29 is 4.74 Å². The average molecular weight is 242 g/mol. The van der Waals surface area contributed by atoms with Crippen molar-refractivity contribution in [1.82, 2.24) is 4.98 Å². The molecular formula is C15H18N2O. The van der Waals surface area contributed by atoms with Gasteiger partial charge in [0.1, 0.15) is 6.61 Å². The molecule has 1 aromatic heterocycles. The highest BCUT2D eigenvalue weighted by atomic mass is 16.5. The van der Waals surface area contributed by atoms with Crippen LogP contribution in [0.25, 0.3) is 0 Å². The monoisotopic (exact) mass is 242 g/mol. The SMILES string of the molecule is CCc1cccc(NC)c1COc1ccccn1. The third-order valence-corrected chi connectivity index (χ3v) is 2.93. The number of pyridine rings is 1. The van der Waals surface area contributed by atoms with E-state index in [9.17, 15) is 0 Å². The molecule has 2 aromatic rings. The van der Waals surface area contributed by atoms with Gasteiger partial charge in [-0.15, -0.1) is 0 Å². The highest BCUT2D eigenvalue weighted by Crippen LogP contribution is 2.22. The standard InChI is InChI=1S/C15H18N2O/c1-3-12-7-6-8-14(16-2)13(12)11-18-15-9-4-5-10-17-15/h4-10,16H,3,11H2,1-2H3. The Bertz CT molecular complexity index is 475. The maximum Gasteiger partial charge on any atom is 0.213 e. The van der Waals surface area contributed by atoms with Crippen LogP contribution in [0.5, 0.6) is 5.88 Å². The van der Waals surface area contributed by atoms with Gasteiger partial charge in [0, 0.05) is 30.6 Å². The number of aromatic nitrogens is 1. The first-order valence-electron chi connectivity index (χ1n) is 6.17. The zero-order valence-corrected chi connectivity index (χ0v) is 10.8. The zero-order chi connectivity index (χ0) is 12.8. The molecule has 3 nitrogen and oxygen atoms in total. The molecule has 94 valence electrons. The Labute approximate surface area is 108 Å². The Balaban J connectivity index is 2.17. The van der Waals surface area contributed by atoms with Crippen molar-refractivity contribution in [2.24, 2.45) is 0 Å². The Morgan fingerprint density at radius 1 is 1.17 bits per heavy atom. The number of nitrogens with one attached hydrogen (secondary N) is 1. The number of benzene rings is 1. The predicted octanol–water partition coefficient (Wildman–Crippen LogP) is 3.26. The molecule has 0 saturated heterocycles. The molecule has 0 aliphatic rings. The zero-order valence-electron chi connectivity index (χ0n) is 10.8. The summed E-state index contributed by atoms with van der Waals surface area (Å²) in [6.45, 7) is 2.69. The van der Waals surface area contributed by atoms with Gasteiger partial charge in [0.2, 0.25) is 5.88 Å². The van der Waals surface area contributed by atoms with E-state index < -0.39 is 0 Å². The summed E-state index contributed by atoms with van der Waals surface area (Å²) in [6, 6.07) is 11.9. The molecule has 0 amide bonds. The van der Waals surface area contributed by atoms with Gasteiger partial charge in [0.25, 0.3) is 0 Å². The summed E-state index contributed by atoms with van der Waals surface area (Å²) in [5.41, 5.74) is 3.62. The van der Waals surface area contributed by atoms with Gasteiger partial charge in [-0.05, 0) is 24.1 Å². The van der Waals surface area contributed by atoms with Crippen LogP contribution in [-0.2, 0) is 13.0 Å². The average Bonchev–Trinajstić information content (AvgIpc) is 2.45. The van der Waals surface area contributed by atoms with E-state index >= 15 is 0 Å². The first-order chi connectivity index (χ1) is 8.85. The van der Waals surface area contributed by atoms with Gasteiger partial charge in [0.05, 0.1) is 0 Å². The van der Waals surface area contributed by atoms with Crippen molar-refractivity contribution in [2.45, 2.75) is 20.0 Å². The van der Waals surface area contributed by atoms with Gasteiger partial charge >= 0.3 is 0 Å². The summed E-state index contributed by atoms with van der Waals surface area (Å²) in [4.78, 5) is 4.16. The number of aryl methyl sites for hydroxylation is 1. The predicted molar refractivity (Wildman–Crippen MR) is 73.9 cm³/mol. The van der Waals surface area contributed by atoms with Crippen LogP contribution < -0.4 is 10.1 Å². The van der Waals surface area contributed by atoms with E-state index in [1.807, 2.05) is 25.2 Å². The molecule has 1 heterocycles. The molecule has 3 heteroatoms. The summed E-state index contributed by atoms with van der Waals surface area (Å²) in [5.74, 6) is 0.658. The molecule has 0 bridgehead atoms. The molecule has 0 fully saturated rings. The first-order valence-corrected chi connectivity index (χ1v) is 6.17. The quantitative estimate of drug-likeness (QED) is 0.873. The Hall–Kier alpha value is -2.03. The molecule has 0 spiro atoms. The lowest BCUT2D eigenvalue weighted by Crippen LogP contribution is -2.05. The van der Waals surface area contributed by atoms with Crippen LogP contribution in [-0.4, -0.2) is 12.0 Å². The largest absolute Gasteiger partial charge is 0.473 e. The molecule has 0 aliphatic carbocycles. The third-order valence-electron chi connectivity index (χ3n) is 2.93. The molecule has 0 unspecified atom stereocenters. The van der Waals surface area contributed by atoms with Crippen molar-refractivity contribution in [1.29, 1.82) is 0 Å². The van der Waals surface area contributed by atoms with Crippen molar-refractivity contribution >= 4 is 5.69 Å². The van der Waals surface area contributed by atoms with E-state index in [1.54, 1.807) is 6.20 Å². The molecule has 0 atom stereocenters. The number of hydrogen-bond donors (Lipinski definition) is 1. The summed E-state index contributed by atoms with van der Waals surface area (Å²) >= 11 is 0. The summed E-state index contributed by atoms with van der Waals surface area (Å²) in [7, 11) is 1.93. The van der Waals surface area contributed by atoms with E-state index in [0.29, 0.717) is 12.5 Å². The molecule has 0 aliphatic heterocycles. The number of hydrogen-bond acceptors (Lipinski definition) is 3. The van der Waals surface area contributed by atoms with Gasteiger partial charge in [-0.25, -0.2) is 4.98 Å². The summed E-state index contributed by atoms with van der Waals surface area (Å²) < 4.78 is 5.73. The lowest BCUT2D eigenvalue weighted by molar-refractivity contribution is 0.293. The van der Waals surface area contributed by atoms with E-state index in [0.717, 1.165) is 12.1 Å². The molecule has 2 rings (SSSR count). The van der Waals surface area contributed by atoms with Crippen LogP contribution in [0.4, 0.5) is 5.69 Å². The number of rotatable bonds is 5. The van der Waals surface area contributed by atoms with Gasteiger partial charge in [-0.3, -0.25) is 0 Å². The Morgan fingerprint density at radius 2 is 2.06 bits per heavy atom. The second kappa shape index (κ2) is 6.05. The van der Waals surface area contributed by atoms with Gasteiger partial charge in [-0.1, -0.05) is 25.1 Å². The first kappa shape index (κ1) is 12.4. The van der Waals surface area contributed by atoms with Gasteiger partial charge in [-0.2, -0.15) is 0 Å². The van der Waals surface area contributed by atoms with Gasteiger partial charge < -0.3 is 10.1 Å². The van der Waals surface area contributed by atoms with Crippen LogP contribution in [0.15, 0.2) is 42.6 Å². The number of ether oxygens (including phenoxy) is 1. The molecule has 18 heavy (non-hydrogen) atoms. The van der Waals surface area contributed by atoms with Crippen LogP contribution in [0.2, 0.25) is 0 Å². The minimum absolute atomic E-state index is 0.539. The molecule has 0 radical (unpaired) electrons. The lowest BCUT2D eigenvalue weighted by Gasteiger charge is -2.14. The summed E-state index contributed by atoms with van der Waals surface area (Å²) in [5, 5.41) is 3.21. The van der Waals surface area contributed by atoms with E-state index in [2.05, 4.69) is 35.4 Å². The van der Waals surface area contributed by atoms with Crippen molar-refractivity contribution in [3.05, 3.63) is 53.7 Å². The maximum atomic E-state index is 5.73. The van der Waals surface area contributed by atoms with Crippen molar-refractivity contribution in [2.75, 3.05) is 12.4 Å². The summed E-state index contributed by atoms with van der Waals surface area (Å²) in [6.07, 6.45) is 2.73.